The molecule has 0 amide bonds. The van der Waals surface area contributed by atoms with E-state index in [9.17, 15) is 13.6 Å². The summed E-state index contributed by atoms with van der Waals surface area (Å²) in [5.41, 5.74) is 4.41. The number of fused-ring (bicyclic) bond motifs is 1. The van der Waals surface area contributed by atoms with Gasteiger partial charge in [0.15, 0.2) is 11.6 Å². The Bertz CT molecular complexity index is 1540. The number of hydrogen-bond donors (Lipinski definition) is 0. The predicted molar refractivity (Wildman–Crippen MR) is 121 cm³/mol. The number of hydrogen-bond acceptors (Lipinski definition) is 4. The quantitative estimate of drug-likeness (QED) is 0.404. The minimum absolute atomic E-state index is 0.261. The van der Waals surface area contributed by atoms with Crippen LogP contribution in [0.3, 0.4) is 0 Å². The fourth-order valence-electron chi connectivity index (χ4n) is 3.72. The van der Waals surface area contributed by atoms with Gasteiger partial charge in [-0.05, 0) is 54.4 Å². The highest BCUT2D eigenvalue weighted by Gasteiger charge is 2.09. The maximum absolute atomic E-state index is 13.6. The van der Waals surface area contributed by atoms with E-state index < -0.39 is 11.6 Å². The number of nitrogens with zero attached hydrogens (tertiary/aromatic N) is 5. The van der Waals surface area contributed by atoms with Gasteiger partial charge in [-0.25, -0.2) is 13.5 Å². The van der Waals surface area contributed by atoms with Gasteiger partial charge >= 0.3 is 0 Å². The van der Waals surface area contributed by atoms with E-state index in [4.69, 9.17) is 0 Å². The van der Waals surface area contributed by atoms with E-state index in [0.29, 0.717) is 24.2 Å². The molecule has 0 aliphatic heterocycles. The number of aryl methyl sites for hydroxylation is 3. The van der Waals surface area contributed by atoms with Crippen molar-refractivity contribution in [3.63, 3.8) is 0 Å². The molecule has 2 aromatic carbocycles. The molecule has 3 aromatic heterocycles. The van der Waals surface area contributed by atoms with Crippen molar-refractivity contribution in [3.8, 4) is 22.4 Å². The first-order chi connectivity index (χ1) is 16.0. The van der Waals surface area contributed by atoms with Gasteiger partial charge in [0.1, 0.15) is 0 Å². The van der Waals surface area contributed by atoms with Crippen LogP contribution in [0.4, 0.5) is 8.78 Å². The van der Waals surface area contributed by atoms with Crippen LogP contribution in [-0.2, 0) is 20.0 Å². The average Bonchev–Trinajstić information content (AvgIpc) is 3.26. The van der Waals surface area contributed by atoms with Gasteiger partial charge in [0.2, 0.25) is 0 Å². The summed E-state index contributed by atoms with van der Waals surface area (Å²) in [6, 6.07) is 14.5. The van der Waals surface area contributed by atoms with Gasteiger partial charge in [0, 0.05) is 54.1 Å². The van der Waals surface area contributed by atoms with Crippen molar-refractivity contribution in [1.82, 2.24) is 24.5 Å². The van der Waals surface area contributed by atoms with Crippen LogP contribution in [-0.4, -0.2) is 24.5 Å². The summed E-state index contributed by atoms with van der Waals surface area (Å²) in [4.78, 5) is 16.8. The molecular weight excluding hydrogens is 424 g/mol. The van der Waals surface area contributed by atoms with Crippen LogP contribution in [0.25, 0.3) is 33.3 Å². The Balaban J connectivity index is 1.40. The van der Waals surface area contributed by atoms with Crippen molar-refractivity contribution in [2.75, 3.05) is 0 Å². The Hall–Kier alpha value is -4.20. The fraction of sp³-hybridized carbons (Fsp3) is 0.120. The zero-order valence-electron chi connectivity index (χ0n) is 17.7. The lowest BCUT2D eigenvalue weighted by Crippen LogP contribution is -2.23. The number of halogens is 2. The van der Waals surface area contributed by atoms with Crippen molar-refractivity contribution < 1.29 is 8.78 Å². The van der Waals surface area contributed by atoms with Crippen molar-refractivity contribution >= 4 is 10.9 Å². The van der Waals surface area contributed by atoms with Crippen LogP contribution in [0, 0.1) is 11.6 Å². The lowest BCUT2D eigenvalue weighted by molar-refractivity contribution is 0.509. The summed E-state index contributed by atoms with van der Waals surface area (Å²) in [5, 5.41) is 9.54. The van der Waals surface area contributed by atoms with Gasteiger partial charge in [-0.1, -0.05) is 6.07 Å². The maximum atomic E-state index is 13.6. The second kappa shape index (κ2) is 8.38. The SMILES string of the molecule is Cn1cc(-c2cnc3ccc(CCn4nc(-c5ccc(F)c(F)c5)ccc4=O)cc3c2)cn1. The van der Waals surface area contributed by atoms with Crippen LogP contribution in [0.5, 0.6) is 0 Å². The summed E-state index contributed by atoms with van der Waals surface area (Å²) < 4.78 is 29.9. The molecule has 0 bridgehead atoms. The van der Waals surface area contributed by atoms with Crippen LogP contribution in [0.2, 0.25) is 0 Å². The Labute approximate surface area is 187 Å². The molecular formula is C25H19F2N5O. The van der Waals surface area contributed by atoms with Gasteiger partial charge in [0.25, 0.3) is 5.56 Å². The Morgan fingerprint density at radius 2 is 1.76 bits per heavy atom. The highest BCUT2D eigenvalue weighted by atomic mass is 19.2. The number of pyridine rings is 1. The molecule has 33 heavy (non-hydrogen) atoms. The van der Waals surface area contributed by atoms with Crippen molar-refractivity contribution in [1.29, 1.82) is 0 Å². The lowest BCUT2D eigenvalue weighted by atomic mass is 10.1. The molecule has 0 unspecified atom stereocenters. The van der Waals surface area contributed by atoms with Crippen LogP contribution in [0.1, 0.15) is 5.56 Å². The molecule has 0 radical (unpaired) electrons. The lowest BCUT2D eigenvalue weighted by Gasteiger charge is -2.09. The molecule has 5 aromatic rings. The topological polar surface area (TPSA) is 65.6 Å². The highest BCUT2D eigenvalue weighted by molar-refractivity contribution is 5.83. The smallest absolute Gasteiger partial charge is 0.266 e. The third-order valence-corrected chi connectivity index (χ3v) is 5.48. The summed E-state index contributed by atoms with van der Waals surface area (Å²) in [5.74, 6) is -1.88. The highest BCUT2D eigenvalue weighted by Crippen LogP contribution is 2.23. The van der Waals surface area contributed by atoms with E-state index in [0.717, 1.165) is 39.7 Å². The molecule has 0 atom stereocenters. The second-order valence-corrected chi connectivity index (χ2v) is 7.81. The van der Waals surface area contributed by atoms with Gasteiger partial charge in [0.05, 0.1) is 17.4 Å². The third kappa shape index (κ3) is 4.27. The molecule has 3 heterocycles. The van der Waals surface area contributed by atoms with E-state index in [-0.39, 0.29) is 5.56 Å². The molecule has 0 spiro atoms. The van der Waals surface area contributed by atoms with Gasteiger partial charge in [-0.15, -0.1) is 0 Å². The molecule has 0 aliphatic carbocycles. The van der Waals surface area contributed by atoms with Crippen molar-refractivity contribution in [2.45, 2.75) is 13.0 Å². The standard InChI is InChI=1S/C25H19F2N5O/c1-31-15-20(14-29-31)19-11-18-10-16(2-5-23(18)28-13-19)8-9-32-25(33)7-6-24(30-32)17-3-4-21(26)22(27)12-17/h2-7,10-15H,8-9H2,1H3. The Morgan fingerprint density at radius 1 is 0.879 bits per heavy atom. The minimum atomic E-state index is -0.956. The average molecular weight is 443 g/mol. The summed E-state index contributed by atoms with van der Waals surface area (Å²) in [6.07, 6.45) is 6.13. The first-order valence-electron chi connectivity index (χ1n) is 10.4. The van der Waals surface area contributed by atoms with Crippen molar-refractivity contribution in [2.24, 2.45) is 7.05 Å². The molecule has 8 heteroatoms. The number of aromatic nitrogens is 5. The van der Waals surface area contributed by atoms with Crippen molar-refractivity contribution in [3.05, 3.63) is 101 Å². The molecule has 0 saturated heterocycles. The fourth-order valence-corrected chi connectivity index (χ4v) is 3.72. The predicted octanol–water partition coefficient (Wildman–Crippen LogP) is 4.38. The molecule has 6 nitrogen and oxygen atoms in total. The molecule has 164 valence electrons. The van der Waals surface area contributed by atoms with E-state index in [2.05, 4.69) is 21.2 Å². The van der Waals surface area contributed by atoms with Gasteiger partial charge < -0.3 is 0 Å². The van der Waals surface area contributed by atoms with Gasteiger partial charge in [-0.3, -0.25) is 14.5 Å². The van der Waals surface area contributed by atoms with Crippen LogP contribution in [0.15, 0.2) is 78.0 Å². The van der Waals surface area contributed by atoms with E-state index in [1.807, 2.05) is 37.6 Å². The first kappa shape index (κ1) is 20.7. The van der Waals surface area contributed by atoms with E-state index in [1.54, 1.807) is 10.9 Å². The number of benzene rings is 2. The normalized spacial score (nSPS) is 11.2. The molecule has 0 aliphatic rings. The Morgan fingerprint density at radius 3 is 2.55 bits per heavy atom. The monoisotopic (exact) mass is 443 g/mol. The maximum Gasteiger partial charge on any atom is 0.266 e. The first-order valence-corrected chi connectivity index (χ1v) is 10.4. The zero-order chi connectivity index (χ0) is 22.9. The zero-order valence-corrected chi connectivity index (χ0v) is 17.7. The second-order valence-electron chi connectivity index (χ2n) is 7.81. The summed E-state index contributed by atoms with van der Waals surface area (Å²) >= 11 is 0. The van der Waals surface area contributed by atoms with E-state index >= 15 is 0 Å². The van der Waals surface area contributed by atoms with Crippen LogP contribution < -0.4 is 5.56 Å². The van der Waals surface area contributed by atoms with Gasteiger partial charge in [-0.2, -0.15) is 10.2 Å². The molecule has 0 N–H and O–H groups in total. The summed E-state index contributed by atoms with van der Waals surface area (Å²) in [6.45, 7) is 0.345. The molecule has 0 saturated carbocycles. The molecule has 5 rings (SSSR count). The molecule has 0 fully saturated rings. The summed E-state index contributed by atoms with van der Waals surface area (Å²) in [7, 11) is 1.87. The van der Waals surface area contributed by atoms with E-state index in [1.165, 1.54) is 22.9 Å². The Kier molecular flexibility index (Phi) is 5.26. The van der Waals surface area contributed by atoms with Crippen LogP contribution >= 0.6 is 0 Å². The minimum Gasteiger partial charge on any atom is -0.275 e. The third-order valence-electron chi connectivity index (χ3n) is 5.48. The largest absolute Gasteiger partial charge is 0.275 e. The number of rotatable bonds is 5.